The van der Waals surface area contributed by atoms with Gasteiger partial charge < -0.3 is 13.6 Å². The summed E-state index contributed by atoms with van der Waals surface area (Å²) in [4.78, 5) is 11.5. The second kappa shape index (κ2) is 13.3. The molecule has 40 heavy (non-hydrogen) atoms. The molecule has 0 heterocycles. The highest BCUT2D eigenvalue weighted by Gasteiger charge is 2.50. The predicted molar refractivity (Wildman–Crippen MR) is 174 cm³/mol. The van der Waals surface area contributed by atoms with Gasteiger partial charge in [0.2, 0.25) is 0 Å². The first-order valence-electron chi connectivity index (χ1n) is 16.2. The van der Waals surface area contributed by atoms with Crippen LogP contribution < -0.4 is 0 Å². The highest BCUT2D eigenvalue weighted by atomic mass is 28.4. The van der Waals surface area contributed by atoms with Crippen LogP contribution in [0, 0.1) is 23.7 Å². The zero-order valence-electron chi connectivity index (χ0n) is 27.9. The molecule has 0 saturated heterocycles. The van der Waals surface area contributed by atoms with E-state index in [4.69, 9.17) is 13.6 Å². The molecule has 0 spiro atoms. The van der Waals surface area contributed by atoms with Crippen LogP contribution in [0.4, 0.5) is 0 Å². The summed E-state index contributed by atoms with van der Waals surface area (Å²) >= 11 is 0. The Balaban J connectivity index is 1.82. The molecule has 230 valence electrons. The van der Waals surface area contributed by atoms with Crippen LogP contribution in [0.25, 0.3) is 0 Å². The Labute approximate surface area is 249 Å². The van der Waals surface area contributed by atoms with Gasteiger partial charge in [-0.2, -0.15) is 0 Å². The maximum atomic E-state index is 11.5. The second-order valence-corrected chi connectivity index (χ2v) is 25.7. The summed E-state index contributed by atoms with van der Waals surface area (Å²) in [6, 6.07) is 0. The Morgan fingerprint density at radius 2 is 1.60 bits per heavy atom. The second-order valence-electron chi connectivity index (χ2n) is 16.2. The number of methoxy groups -OCH3 is 1. The lowest BCUT2D eigenvalue weighted by Crippen LogP contribution is -2.45. The maximum Gasteiger partial charge on any atom is 0.305 e. The molecule has 4 nitrogen and oxygen atoms in total. The van der Waals surface area contributed by atoms with Crippen molar-refractivity contribution in [2.75, 3.05) is 7.11 Å². The van der Waals surface area contributed by atoms with Gasteiger partial charge in [-0.15, -0.1) is 0 Å². The molecule has 0 aromatic carbocycles. The Morgan fingerprint density at radius 1 is 0.975 bits per heavy atom. The standard InChI is InChI=1S/C34H62O4Si2/c1-33(2,3)39(8,9)37-30(26-17-13-14-18-26)21-20-28-29-23-25(16-12-15-19-32(35)36-7)22-27(29)24-31(28)38-40(10,11)34(4,5)6/h16,20-21,26-31H,12-15,17-19,22-24H2,1-11H3/t27-,28-,29-,30+,31+/m0/s1. The molecule has 0 bridgehead atoms. The van der Waals surface area contributed by atoms with Crippen molar-refractivity contribution in [2.24, 2.45) is 23.7 Å². The van der Waals surface area contributed by atoms with Crippen LogP contribution in [0.1, 0.15) is 106 Å². The molecule has 3 rings (SSSR count). The number of ether oxygens (including phenoxy) is 1. The number of esters is 1. The lowest BCUT2D eigenvalue weighted by molar-refractivity contribution is -0.140. The molecule has 3 aliphatic carbocycles. The van der Waals surface area contributed by atoms with E-state index in [0.29, 0.717) is 36.2 Å². The van der Waals surface area contributed by atoms with Crippen LogP contribution >= 0.6 is 0 Å². The van der Waals surface area contributed by atoms with E-state index < -0.39 is 16.6 Å². The number of fused-ring (bicyclic) bond motifs is 1. The van der Waals surface area contributed by atoms with Gasteiger partial charge in [0.1, 0.15) is 0 Å². The van der Waals surface area contributed by atoms with E-state index in [-0.39, 0.29) is 22.1 Å². The monoisotopic (exact) mass is 590 g/mol. The number of rotatable bonds is 11. The zero-order chi connectivity index (χ0) is 29.9. The molecule has 3 fully saturated rings. The van der Waals surface area contributed by atoms with Gasteiger partial charge in [-0.3, -0.25) is 4.79 Å². The fourth-order valence-electron chi connectivity index (χ4n) is 6.58. The van der Waals surface area contributed by atoms with Gasteiger partial charge in [-0.1, -0.05) is 78.2 Å². The number of hydrogen-bond acceptors (Lipinski definition) is 4. The van der Waals surface area contributed by atoms with Gasteiger partial charge in [0.05, 0.1) is 19.3 Å². The summed E-state index contributed by atoms with van der Waals surface area (Å²) < 4.78 is 19.1. The summed E-state index contributed by atoms with van der Waals surface area (Å²) in [6.45, 7) is 23.8. The average Bonchev–Trinajstić information content (AvgIpc) is 3.55. The van der Waals surface area contributed by atoms with Gasteiger partial charge in [-0.05, 0) is 99.0 Å². The maximum absolute atomic E-state index is 11.5. The normalized spacial score (nSPS) is 28.5. The van der Waals surface area contributed by atoms with E-state index in [9.17, 15) is 4.79 Å². The molecule has 0 radical (unpaired) electrons. The number of unbranched alkanes of at least 4 members (excludes halogenated alkanes) is 1. The fourth-order valence-corrected chi connectivity index (χ4v) is 9.25. The third-order valence-corrected chi connectivity index (χ3v) is 20.2. The van der Waals surface area contributed by atoms with Gasteiger partial charge in [0.25, 0.3) is 0 Å². The Morgan fingerprint density at radius 3 is 2.17 bits per heavy atom. The van der Waals surface area contributed by atoms with Crippen molar-refractivity contribution in [3.63, 3.8) is 0 Å². The molecule has 3 aliphatic rings. The Hall–Kier alpha value is -0.696. The minimum atomic E-state index is -1.88. The van der Waals surface area contributed by atoms with Crippen LogP contribution in [0.3, 0.4) is 0 Å². The van der Waals surface area contributed by atoms with Crippen LogP contribution in [-0.2, 0) is 18.4 Å². The summed E-state index contributed by atoms with van der Waals surface area (Å²) in [6.07, 6.45) is 19.2. The number of carbonyl (C=O) groups excluding carboxylic acids is 1. The fraction of sp³-hybridized carbons (Fsp3) is 0.853. The lowest BCUT2D eigenvalue weighted by atomic mass is 9.89. The first-order chi connectivity index (χ1) is 18.4. The van der Waals surface area contributed by atoms with Crippen molar-refractivity contribution < 1.29 is 18.4 Å². The van der Waals surface area contributed by atoms with Gasteiger partial charge in [0.15, 0.2) is 16.6 Å². The lowest BCUT2D eigenvalue weighted by Gasteiger charge is -2.41. The molecule has 6 heteroatoms. The topological polar surface area (TPSA) is 44.8 Å². The minimum absolute atomic E-state index is 0.103. The largest absolute Gasteiger partial charge is 0.469 e. The summed E-state index contributed by atoms with van der Waals surface area (Å²) in [5.41, 5.74) is 1.59. The van der Waals surface area contributed by atoms with E-state index in [1.807, 2.05) is 0 Å². The molecule has 0 aliphatic heterocycles. The SMILES string of the molecule is COC(=O)CCCC=C1C[C@H]2C[C@@H](O[Si](C)(C)C(C)(C)C)[C@@H](C=C[C@@H](O[Si](C)(C)C(C)(C)C)C3CCCC3)[C@H]2C1. The van der Waals surface area contributed by atoms with Crippen LogP contribution in [0.15, 0.2) is 23.8 Å². The molecule has 0 N–H and O–H groups in total. The smallest absolute Gasteiger partial charge is 0.305 e. The molecule has 0 unspecified atom stereocenters. The van der Waals surface area contributed by atoms with Crippen molar-refractivity contribution >= 4 is 22.6 Å². The van der Waals surface area contributed by atoms with E-state index in [2.05, 4.69) is 86.0 Å². The summed E-state index contributed by atoms with van der Waals surface area (Å²) in [7, 11) is -2.28. The van der Waals surface area contributed by atoms with E-state index in [1.54, 1.807) is 5.57 Å². The summed E-state index contributed by atoms with van der Waals surface area (Å²) in [5.74, 6) is 2.34. The van der Waals surface area contributed by atoms with Crippen molar-refractivity contribution in [3.8, 4) is 0 Å². The molecular weight excluding hydrogens is 529 g/mol. The third kappa shape index (κ3) is 8.44. The van der Waals surface area contributed by atoms with Crippen LogP contribution in [0.2, 0.25) is 36.3 Å². The molecular formula is C34H62O4Si2. The minimum Gasteiger partial charge on any atom is -0.469 e. The summed E-state index contributed by atoms with van der Waals surface area (Å²) in [5, 5.41) is 0.421. The third-order valence-electron chi connectivity index (χ3n) is 11.2. The predicted octanol–water partition coefficient (Wildman–Crippen LogP) is 9.83. The van der Waals surface area contributed by atoms with E-state index >= 15 is 0 Å². The van der Waals surface area contributed by atoms with Crippen LogP contribution in [0.5, 0.6) is 0 Å². The van der Waals surface area contributed by atoms with Gasteiger partial charge in [-0.25, -0.2) is 0 Å². The first-order valence-corrected chi connectivity index (χ1v) is 22.1. The van der Waals surface area contributed by atoms with E-state index in [0.717, 1.165) is 12.8 Å². The number of carbonyl (C=O) groups is 1. The first kappa shape index (κ1) is 33.8. The average molecular weight is 591 g/mol. The van der Waals surface area contributed by atoms with Crippen molar-refractivity contribution in [1.82, 2.24) is 0 Å². The van der Waals surface area contributed by atoms with E-state index in [1.165, 1.54) is 52.1 Å². The zero-order valence-corrected chi connectivity index (χ0v) is 29.9. The van der Waals surface area contributed by atoms with Crippen molar-refractivity contribution in [3.05, 3.63) is 23.8 Å². The Bertz CT molecular complexity index is 902. The highest BCUT2D eigenvalue weighted by Crippen LogP contribution is 2.53. The van der Waals surface area contributed by atoms with Crippen LogP contribution in [-0.4, -0.2) is 41.9 Å². The van der Waals surface area contributed by atoms with Gasteiger partial charge in [0, 0.05) is 12.3 Å². The molecule has 3 saturated carbocycles. The van der Waals surface area contributed by atoms with Crippen molar-refractivity contribution in [2.45, 2.75) is 154 Å². The Kier molecular flexibility index (Phi) is 11.2. The molecule has 0 aromatic heterocycles. The molecule has 0 amide bonds. The van der Waals surface area contributed by atoms with Crippen molar-refractivity contribution in [1.29, 1.82) is 0 Å². The number of allylic oxidation sites excluding steroid dienone is 2. The molecule has 5 atom stereocenters. The quantitative estimate of drug-likeness (QED) is 0.104. The number of hydrogen-bond donors (Lipinski definition) is 0. The van der Waals surface area contributed by atoms with Gasteiger partial charge >= 0.3 is 5.97 Å². The highest BCUT2D eigenvalue weighted by molar-refractivity contribution is 6.74. The molecule has 0 aromatic rings.